The van der Waals surface area contributed by atoms with Crippen LogP contribution in [0.15, 0.2) is 29.0 Å². The van der Waals surface area contributed by atoms with Crippen LogP contribution in [-0.4, -0.2) is 4.98 Å². The number of furan rings is 1. The van der Waals surface area contributed by atoms with Crippen molar-refractivity contribution in [2.45, 2.75) is 0 Å². The predicted molar refractivity (Wildman–Crippen MR) is 56.9 cm³/mol. The molecule has 0 aliphatic rings. The van der Waals surface area contributed by atoms with Crippen LogP contribution in [0.4, 0.5) is 11.4 Å². The largest absolute Gasteiger partial charge is 0.462 e. The molecule has 0 fully saturated rings. The number of aromatic amines is 1. The number of fused-ring (bicyclic) bond motifs is 2. The van der Waals surface area contributed by atoms with Gasteiger partial charge in [-0.2, -0.15) is 0 Å². The van der Waals surface area contributed by atoms with Crippen LogP contribution >= 0.6 is 0 Å². The van der Waals surface area contributed by atoms with Crippen LogP contribution in [-0.2, 0) is 0 Å². The summed E-state index contributed by atoms with van der Waals surface area (Å²) in [4.78, 5) is 3.05. The highest BCUT2D eigenvalue weighted by Gasteiger charge is 2.12. The minimum Gasteiger partial charge on any atom is -0.462 e. The van der Waals surface area contributed by atoms with E-state index in [2.05, 4.69) is 4.98 Å². The summed E-state index contributed by atoms with van der Waals surface area (Å²) in [5, 5.41) is 1.81. The van der Waals surface area contributed by atoms with Crippen molar-refractivity contribution in [2.75, 3.05) is 11.5 Å². The quantitative estimate of drug-likeness (QED) is 0.372. The van der Waals surface area contributed by atoms with Gasteiger partial charge in [-0.05, 0) is 12.1 Å². The molecular formula is C10H9N3O. The molecule has 0 aliphatic carbocycles. The molecule has 0 radical (unpaired) electrons. The fraction of sp³-hybridized carbons (Fsp3) is 0. The standard InChI is InChI=1S/C10H9N3O/c11-7-5-1-3-13-9(5)8(12)10-6(7)2-4-14-10/h1-4,13H,11-12H2. The van der Waals surface area contributed by atoms with Crippen LogP contribution in [0.3, 0.4) is 0 Å². The van der Waals surface area contributed by atoms with E-state index in [1.54, 1.807) is 6.26 Å². The Balaban J connectivity index is 2.72. The summed E-state index contributed by atoms with van der Waals surface area (Å²) in [6.45, 7) is 0. The molecule has 0 saturated heterocycles. The van der Waals surface area contributed by atoms with Crippen molar-refractivity contribution in [2.24, 2.45) is 0 Å². The van der Waals surface area contributed by atoms with Crippen LogP contribution in [0.25, 0.3) is 21.9 Å². The average molecular weight is 187 g/mol. The van der Waals surface area contributed by atoms with Crippen molar-refractivity contribution >= 4 is 33.2 Å². The lowest BCUT2D eigenvalue weighted by atomic mass is 10.1. The molecule has 2 aromatic heterocycles. The number of H-pyrrole nitrogens is 1. The fourth-order valence-electron chi connectivity index (χ4n) is 1.81. The Bertz CT molecular complexity index is 518. The van der Waals surface area contributed by atoms with Gasteiger partial charge in [0.05, 0.1) is 17.5 Å². The lowest BCUT2D eigenvalue weighted by Gasteiger charge is -2.02. The number of nitrogens with two attached hydrogens (primary N) is 2. The molecule has 0 amide bonds. The number of hydrogen-bond acceptors (Lipinski definition) is 3. The minimum atomic E-state index is 0.610. The third-order valence-corrected chi connectivity index (χ3v) is 2.51. The fourth-order valence-corrected chi connectivity index (χ4v) is 1.81. The molecule has 4 heteroatoms. The summed E-state index contributed by atoms with van der Waals surface area (Å²) >= 11 is 0. The first-order valence-corrected chi connectivity index (χ1v) is 4.30. The molecule has 0 unspecified atom stereocenters. The third-order valence-electron chi connectivity index (χ3n) is 2.51. The predicted octanol–water partition coefficient (Wildman–Crippen LogP) is 2.08. The molecule has 1 aromatic carbocycles. The van der Waals surface area contributed by atoms with E-state index in [0.717, 1.165) is 16.3 Å². The zero-order valence-corrected chi connectivity index (χ0v) is 7.37. The smallest absolute Gasteiger partial charge is 0.160 e. The first-order valence-electron chi connectivity index (χ1n) is 4.30. The number of nitrogen functional groups attached to an aromatic ring is 2. The number of nitrogens with one attached hydrogen (secondary N) is 1. The van der Waals surface area contributed by atoms with Crippen LogP contribution in [0.5, 0.6) is 0 Å². The highest BCUT2D eigenvalue weighted by Crippen LogP contribution is 2.36. The first kappa shape index (κ1) is 7.32. The lowest BCUT2D eigenvalue weighted by Crippen LogP contribution is -1.92. The number of anilines is 2. The summed E-state index contributed by atoms with van der Waals surface area (Å²) < 4.78 is 5.28. The average Bonchev–Trinajstić information content (AvgIpc) is 2.82. The van der Waals surface area contributed by atoms with E-state index in [-0.39, 0.29) is 0 Å². The summed E-state index contributed by atoms with van der Waals surface area (Å²) in [5.74, 6) is 0. The molecular weight excluding hydrogens is 178 g/mol. The van der Waals surface area contributed by atoms with Crippen LogP contribution in [0.2, 0.25) is 0 Å². The second-order valence-electron chi connectivity index (χ2n) is 3.26. The Hall–Kier alpha value is -2.10. The Labute approximate surface area is 79.5 Å². The van der Waals surface area contributed by atoms with Gasteiger partial charge in [0.1, 0.15) is 5.69 Å². The zero-order chi connectivity index (χ0) is 9.71. The summed E-state index contributed by atoms with van der Waals surface area (Å²) in [7, 11) is 0. The molecule has 70 valence electrons. The Kier molecular flexibility index (Phi) is 1.16. The molecule has 0 bridgehead atoms. The number of rotatable bonds is 0. The maximum Gasteiger partial charge on any atom is 0.160 e. The molecule has 3 aromatic rings. The van der Waals surface area contributed by atoms with Crippen molar-refractivity contribution < 1.29 is 4.42 Å². The zero-order valence-electron chi connectivity index (χ0n) is 7.37. The lowest BCUT2D eigenvalue weighted by molar-refractivity contribution is 0.617. The normalized spacial score (nSPS) is 11.4. The van der Waals surface area contributed by atoms with Crippen molar-refractivity contribution in [1.82, 2.24) is 4.98 Å². The molecule has 2 heterocycles. The van der Waals surface area contributed by atoms with E-state index >= 15 is 0 Å². The van der Waals surface area contributed by atoms with Crippen LogP contribution in [0, 0.1) is 0 Å². The monoisotopic (exact) mass is 187 g/mol. The molecule has 4 nitrogen and oxygen atoms in total. The maximum absolute atomic E-state index is 5.98. The molecule has 0 aliphatic heterocycles. The molecule has 0 saturated carbocycles. The van der Waals surface area contributed by atoms with Crippen molar-refractivity contribution in [3.63, 3.8) is 0 Å². The second kappa shape index (κ2) is 2.23. The van der Waals surface area contributed by atoms with E-state index in [9.17, 15) is 0 Å². The molecule has 0 spiro atoms. The van der Waals surface area contributed by atoms with E-state index in [1.165, 1.54) is 0 Å². The Morgan fingerprint density at radius 1 is 1.07 bits per heavy atom. The van der Waals surface area contributed by atoms with Crippen molar-refractivity contribution in [3.8, 4) is 0 Å². The van der Waals surface area contributed by atoms with Gasteiger partial charge in [0, 0.05) is 17.0 Å². The summed E-state index contributed by atoms with van der Waals surface area (Å²) in [5.41, 5.74) is 14.7. The number of aromatic nitrogens is 1. The maximum atomic E-state index is 5.98. The highest BCUT2D eigenvalue weighted by atomic mass is 16.3. The number of hydrogen-bond donors (Lipinski definition) is 3. The van der Waals surface area contributed by atoms with Crippen molar-refractivity contribution in [3.05, 3.63) is 24.6 Å². The van der Waals surface area contributed by atoms with E-state index < -0.39 is 0 Å². The van der Waals surface area contributed by atoms with Gasteiger partial charge < -0.3 is 20.9 Å². The highest BCUT2D eigenvalue weighted by molar-refractivity contribution is 6.15. The molecule has 14 heavy (non-hydrogen) atoms. The van der Waals surface area contributed by atoms with Crippen LogP contribution < -0.4 is 11.5 Å². The third kappa shape index (κ3) is 0.682. The van der Waals surface area contributed by atoms with Gasteiger partial charge in [0.25, 0.3) is 0 Å². The first-order chi connectivity index (χ1) is 6.79. The van der Waals surface area contributed by atoms with Crippen molar-refractivity contribution in [1.29, 1.82) is 0 Å². The van der Waals surface area contributed by atoms with E-state index in [1.807, 2.05) is 18.3 Å². The topological polar surface area (TPSA) is 81.0 Å². The van der Waals surface area contributed by atoms with Gasteiger partial charge >= 0.3 is 0 Å². The molecule has 3 rings (SSSR count). The Morgan fingerprint density at radius 3 is 2.79 bits per heavy atom. The van der Waals surface area contributed by atoms with E-state index in [0.29, 0.717) is 17.0 Å². The molecule has 5 N–H and O–H groups in total. The van der Waals surface area contributed by atoms with Gasteiger partial charge in [-0.3, -0.25) is 0 Å². The Morgan fingerprint density at radius 2 is 1.93 bits per heavy atom. The van der Waals surface area contributed by atoms with Crippen LogP contribution in [0.1, 0.15) is 0 Å². The van der Waals surface area contributed by atoms with Gasteiger partial charge in [0.15, 0.2) is 5.58 Å². The summed E-state index contributed by atoms with van der Waals surface area (Å²) in [6.07, 6.45) is 3.41. The van der Waals surface area contributed by atoms with E-state index in [4.69, 9.17) is 15.9 Å². The van der Waals surface area contributed by atoms with Gasteiger partial charge in [-0.15, -0.1) is 0 Å². The minimum absolute atomic E-state index is 0.610. The second-order valence-corrected chi connectivity index (χ2v) is 3.26. The van der Waals surface area contributed by atoms with Gasteiger partial charge in [0.2, 0.25) is 0 Å². The molecule has 0 atom stereocenters. The summed E-state index contributed by atoms with van der Waals surface area (Å²) in [6, 6.07) is 3.74. The van der Waals surface area contributed by atoms with Gasteiger partial charge in [-0.25, -0.2) is 0 Å². The SMILES string of the molecule is Nc1c2cc[nH]c2c(N)c2occc12. The number of benzene rings is 1. The van der Waals surface area contributed by atoms with Gasteiger partial charge in [-0.1, -0.05) is 0 Å².